The number of piperidine rings is 1. The summed E-state index contributed by atoms with van der Waals surface area (Å²) in [6.45, 7) is 7.42. The molecule has 0 aromatic heterocycles. The summed E-state index contributed by atoms with van der Waals surface area (Å²) in [6, 6.07) is 0.527. The number of carbonyl (C=O) groups is 7. The summed E-state index contributed by atoms with van der Waals surface area (Å²) in [5.41, 5.74) is 11.6. The molecule has 0 saturated carbocycles. The van der Waals surface area contributed by atoms with Crippen molar-refractivity contribution >= 4 is 47.4 Å². The molecule has 2 aliphatic heterocycles. The average molecular weight is 846 g/mol. The molecule has 0 spiro atoms. The number of nitrogens with zero attached hydrogens (tertiary/aromatic N) is 3. The first-order valence-corrected chi connectivity index (χ1v) is 20.4. The molecule has 2 aliphatic rings. The van der Waals surface area contributed by atoms with Gasteiger partial charge < -0.3 is 62.6 Å². The zero-order valence-corrected chi connectivity index (χ0v) is 35.2. The van der Waals surface area contributed by atoms with E-state index < -0.39 is 109 Å². The molecule has 0 aliphatic carbocycles. The maximum absolute atomic E-state index is 14.7. The number of rotatable bonds is 13. The topological polar surface area (TPSA) is 308 Å². The van der Waals surface area contributed by atoms with Crippen LogP contribution in [0.4, 0.5) is 0 Å². The third-order valence-corrected chi connectivity index (χ3v) is 10.8. The second-order valence-corrected chi connectivity index (χ2v) is 15.9. The van der Waals surface area contributed by atoms with Crippen LogP contribution in [-0.2, 0) is 44.7 Å². The number of esters is 1. The predicted octanol–water partition coefficient (Wildman–Crippen LogP) is -2.25. The first-order valence-electron chi connectivity index (χ1n) is 20.4. The molecular formula is C40H63N9O11. The van der Waals surface area contributed by atoms with E-state index in [4.69, 9.17) is 16.2 Å². The van der Waals surface area contributed by atoms with Crippen LogP contribution in [0.25, 0.3) is 0 Å². The molecule has 6 amide bonds. The van der Waals surface area contributed by atoms with Crippen molar-refractivity contribution in [2.45, 2.75) is 134 Å². The zero-order chi connectivity index (χ0) is 44.8. The molecule has 0 radical (unpaired) electrons. The summed E-state index contributed by atoms with van der Waals surface area (Å²) in [6.07, 6.45) is -4.50. The highest BCUT2D eigenvalue weighted by atomic mass is 16.5. The third kappa shape index (κ3) is 13.3. The Bertz CT molecular complexity index is 1690. The standard InChI is InChI=1S/C40H63N9O11/c1-7-22(4)31-39(59)60-23(5)32(47-35(55)29(51)20-50)36(56)44-25(14-11-17-43-40(41)42)33(53)45-26-15-16-30(52)49(37(26)57)28(18-21(2)3)38(58)48(6)27(34(54)46-31)19-24-12-9-8-10-13-24/h8-10,12-13,21-23,25-32,50-52H,7,11,14-20H2,1-6H3,(H,44,56)(H,45,53)(H,46,54)(H,47,55)(H4,41,42,43)/t22-,23-,25+,26+,27+,28-,29+,30-,31+,32+/m1/s1. The molecule has 20 nitrogen and oxygen atoms in total. The molecule has 334 valence electrons. The summed E-state index contributed by atoms with van der Waals surface area (Å²) in [7, 11) is 1.41. The minimum Gasteiger partial charge on any atom is -0.458 e. The number of nitrogens with two attached hydrogens (primary N) is 2. The average Bonchev–Trinajstić information content (AvgIpc) is 3.20. The lowest BCUT2D eigenvalue weighted by atomic mass is 9.94. The molecule has 2 bridgehead atoms. The van der Waals surface area contributed by atoms with Gasteiger partial charge in [0.2, 0.25) is 29.5 Å². The van der Waals surface area contributed by atoms with Gasteiger partial charge in [-0.25, -0.2) is 4.79 Å². The van der Waals surface area contributed by atoms with E-state index in [0.717, 1.165) is 4.90 Å². The van der Waals surface area contributed by atoms with Crippen molar-refractivity contribution in [3.05, 3.63) is 35.9 Å². The van der Waals surface area contributed by atoms with Crippen LogP contribution in [-0.4, -0.2) is 147 Å². The van der Waals surface area contributed by atoms with Gasteiger partial charge in [0, 0.05) is 20.0 Å². The van der Waals surface area contributed by atoms with Gasteiger partial charge in [-0.2, -0.15) is 0 Å². The number of aliphatic hydroxyl groups excluding tert-OH is 3. The highest BCUT2D eigenvalue weighted by Gasteiger charge is 2.46. The zero-order valence-electron chi connectivity index (χ0n) is 35.2. The fourth-order valence-electron chi connectivity index (χ4n) is 7.09. The Morgan fingerprint density at radius 2 is 1.63 bits per heavy atom. The molecule has 1 aromatic rings. The van der Waals surface area contributed by atoms with Crippen LogP contribution in [0.15, 0.2) is 35.3 Å². The number of guanidine groups is 1. The van der Waals surface area contributed by atoms with Crippen molar-refractivity contribution < 1.29 is 53.6 Å². The van der Waals surface area contributed by atoms with Gasteiger partial charge in [0.25, 0.3) is 5.91 Å². The molecule has 20 heteroatoms. The van der Waals surface area contributed by atoms with Gasteiger partial charge >= 0.3 is 5.97 Å². The normalized spacial score (nSPS) is 27.3. The SMILES string of the molecule is CC[C@@H](C)[C@@H]1NC(=O)[C@H](Cc2ccccc2)N(C)C(=O)[C@@H](CC(C)C)N2C(=O)[C@H](CC[C@H]2O)NC(=O)[C@H](CCCN=C(N)N)NC(=O)[C@@H](NC(=O)[C@@H](O)CO)[C@@H](C)OC1=O. The molecule has 10 atom stereocenters. The lowest BCUT2D eigenvalue weighted by Crippen LogP contribution is -2.65. The second kappa shape index (κ2) is 22.9. The van der Waals surface area contributed by atoms with Crippen LogP contribution in [0, 0.1) is 11.8 Å². The smallest absolute Gasteiger partial charge is 0.329 e. The fraction of sp³-hybridized carbons (Fsp3) is 0.650. The Kier molecular flexibility index (Phi) is 18.7. The van der Waals surface area contributed by atoms with E-state index in [2.05, 4.69) is 26.3 Å². The van der Waals surface area contributed by atoms with Crippen LogP contribution in [0.1, 0.15) is 78.7 Å². The highest BCUT2D eigenvalue weighted by Crippen LogP contribution is 2.26. The first kappa shape index (κ1) is 49.0. The number of ether oxygens (including phenoxy) is 1. The number of carbonyl (C=O) groups excluding carboxylic acids is 7. The van der Waals surface area contributed by atoms with Crippen LogP contribution in [0.5, 0.6) is 0 Å². The number of hydrogen-bond acceptors (Lipinski definition) is 12. The number of aliphatic imine (C=N–C) groups is 1. The van der Waals surface area contributed by atoms with Gasteiger partial charge in [0.05, 0.1) is 6.61 Å². The summed E-state index contributed by atoms with van der Waals surface area (Å²) in [5, 5.41) is 41.1. The first-order chi connectivity index (χ1) is 28.3. The molecule has 2 fully saturated rings. The number of hydrogen-bond donors (Lipinski definition) is 9. The Hall–Kier alpha value is -5.34. The Morgan fingerprint density at radius 1 is 0.967 bits per heavy atom. The van der Waals surface area contributed by atoms with Gasteiger partial charge in [0.15, 0.2) is 12.1 Å². The Labute approximate surface area is 350 Å². The van der Waals surface area contributed by atoms with Crippen molar-refractivity contribution in [2.75, 3.05) is 20.2 Å². The predicted molar refractivity (Wildman–Crippen MR) is 218 cm³/mol. The van der Waals surface area contributed by atoms with Crippen LogP contribution >= 0.6 is 0 Å². The van der Waals surface area contributed by atoms with E-state index in [-0.39, 0.29) is 56.9 Å². The number of cyclic esters (lactones) is 1. The van der Waals surface area contributed by atoms with E-state index in [1.165, 1.54) is 18.9 Å². The summed E-state index contributed by atoms with van der Waals surface area (Å²) >= 11 is 0. The Morgan fingerprint density at radius 3 is 2.23 bits per heavy atom. The molecule has 3 rings (SSSR count). The molecule has 2 heterocycles. The van der Waals surface area contributed by atoms with Gasteiger partial charge in [-0.3, -0.25) is 33.8 Å². The minimum atomic E-state index is -1.97. The number of aliphatic hydroxyl groups is 3. The van der Waals surface area contributed by atoms with Crippen molar-refractivity contribution in [3.8, 4) is 0 Å². The van der Waals surface area contributed by atoms with E-state index >= 15 is 0 Å². The molecule has 60 heavy (non-hydrogen) atoms. The van der Waals surface area contributed by atoms with Gasteiger partial charge in [-0.15, -0.1) is 0 Å². The van der Waals surface area contributed by atoms with E-state index in [1.807, 2.05) is 13.8 Å². The van der Waals surface area contributed by atoms with E-state index in [0.29, 0.717) is 12.0 Å². The van der Waals surface area contributed by atoms with Gasteiger partial charge in [-0.1, -0.05) is 64.4 Å². The second-order valence-electron chi connectivity index (χ2n) is 15.9. The maximum Gasteiger partial charge on any atom is 0.329 e. The lowest BCUT2D eigenvalue weighted by molar-refractivity contribution is -0.166. The Balaban J connectivity index is 2.23. The van der Waals surface area contributed by atoms with E-state index in [9.17, 15) is 48.9 Å². The number of nitrogens with one attached hydrogen (secondary N) is 4. The summed E-state index contributed by atoms with van der Waals surface area (Å²) in [5.74, 6) is -7.22. The highest BCUT2D eigenvalue weighted by molar-refractivity contribution is 5.98. The summed E-state index contributed by atoms with van der Waals surface area (Å²) in [4.78, 5) is 105. The van der Waals surface area contributed by atoms with Gasteiger partial charge in [0.1, 0.15) is 48.6 Å². The molecular weight excluding hydrogens is 782 g/mol. The third-order valence-electron chi connectivity index (χ3n) is 10.8. The number of fused-ring (bicyclic) bond motifs is 2. The maximum atomic E-state index is 14.7. The lowest BCUT2D eigenvalue weighted by Gasteiger charge is -2.43. The molecule has 2 saturated heterocycles. The fourth-order valence-corrected chi connectivity index (χ4v) is 7.09. The number of likely N-dealkylation sites (N-methyl/N-ethyl adjacent to an activating group) is 1. The van der Waals surface area contributed by atoms with E-state index in [1.54, 1.807) is 44.2 Å². The van der Waals surface area contributed by atoms with Crippen LogP contribution < -0.4 is 32.7 Å². The van der Waals surface area contributed by atoms with Crippen molar-refractivity contribution in [1.82, 2.24) is 31.1 Å². The minimum absolute atomic E-state index is 0.0107. The molecule has 1 aromatic carbocycles. The van der Waals surface area contributed by atoms with Crippen LogP contribution in [0.3, 0.4) is 0 Å². The summed E-state index contributed by atoms with van der Waals surface area (Å²) < 4.78 is 5.75. The largest absolute Gasteiger partial charge is 0.458 e. The molecule has 11 N–H and O–H groups in total. The molecule has 0 unspecified atom stereocenters. The van der Waals surface area contributed by atoms with Gasteiger partial charge in [-0.05, 0) is 56.4 Å². The quantitative estimate of drug-likeness (QED) is 0.0439. The van der Waals surface area contributed by atoms with Crippen molar-refractivity contribution in [3.63, 3.8) is 0 Å². The number of amides is 6. The monoisotopic (exact) mass is 845 g/mol. The van der Waals surface area contributed by atoms with Crippen molar-refractivity contribution in [1.29, 1.82) is 0 Å². The van der Waals surface area contributed by atoms with Crippen LogP contribution in [0.2, 0.25) is 0 Å². The van der Waals surface area contributed by atoms with Crippen molar-refractivity contribution in [2.24, 2.45) is 28.3 Å². The number of benzene rings is 1.